The zero-order valence-corrected chi connectivity index (χ0v) is 16.9. The van der Waals surface area contributed by atoms with Crippen LogP contribution in [0.25, 0.3) is 0 Å². The molecule has 0 bridgehead atoms. The number of aryl methyl sites for hydroxylation is 2. The highest BCUT2D eigenvalue weighted by molar-refractivity contribution is 6.04. The van der Waals surface area contributed by atoms with Crippen LogP contribution >= 0.6 is 0 Å². The molecule has 152 valence electrons. The Kier molecular flexibility index (Phi) is 6.84. The zero-order valence-electron chi connectivity index (χ0n) is 16.9. The second kappa shape index (κ2) is 9.93. The highest BCUT2D eigenvalue weighted by Gasteiger charge is 2.10. The van der Waals surface area contributed by atoms with Crippen LogP contribution in [-0.2, 0) is 0 Å². The van der Waals surface area contributed by atoms with Gasteiger partial charge in [-0.05, 0) is 61.4 Å². The van der Waals surface area contributed by atoms with E-state index in [0.29, 0.717) is 11.4 Å². The third-order valence-corrected chi connectivity index (χ3v) is 4.43. The molecule has 6 nitrogen and oxygen atoms in total. The van der Waals surface area contributed by atoms with E-state index >= 15 is 0 Å². The first-order chi connectivity index (χ1) is 14.5. The number of rotatable bonds is 4. The largest absolute Gasteiger partial charge is 0.357 e. The molecule has 2 amide bonds. The van der Waals surface area contributed by atoms with Crippen molar-refractivity contribution >= 4 is 23.2 Å². The van der Waals surface area contributed by atoms with Gasteiger partial charge in [0.2, 0.25) is 0 Å². The van der Waals surface area contributed by atoms with Crippen molar-refractivity contribution in [2.75, 3.05) is 10.6 Å². The standard InChI is InChI=1S/2C12H12N2O/c2*1-9-7-8-13-11(9)12(15)14-10-5-3-2-4-6-10/h2*2-8,13H,1H3,(H,14,15). The van der Waals surface area contributed by atoms with E-state index in [1.54, 1.807) is 12.4 Å². The molecule has 0 unspecified atom stereocenters. The number of nitrogens with one attached hydrogen (secondary N) is 4. The van der Waals surface area contributed by atoms with E-state index in [1.807, 2.05) is 86.6 Å². The van der Waals surface area contributed by atoms with Crippen LogP contribution in [0.4, 0.5) is 11.4 Å². The lowest BCUT2D eigenvalue weighted by Gasteiger charge is -2.03. The van der Waals surface area contributed by atoms with Gasteiger partial charge in [0.25, 0.3) is 11.8 Å². The number of anilines is 2. The summed E-state index contributed by atoms with van der Waals surface area (Å²) >= 11 is 0. The first kappa shape index (κ1) is 20.7. The molecule has 0 aliphatic carbocycles. The Labute approximate surface area is 175 Å². The first-order valence-electron chi connectivity index (χ1n) is 9.55. The van der Waals surface area contributed by atoms with Crippen LogP contribution in [0, 0.1) is 13.8 Å². The Hall–Kier alpha value is -4.06. The van der Waals surface area contributed by atoms with E-state index in [-0.39, 0.29) is 11.8 Å². The van der Waals surface area contributed by atoms with Crippen molar-refractivity contribution in [1.29, 1.82) is 0 Å². The lowest BCUT2D eigenvalue weighted by Crippen LogP contribution is -2.13. The van der Waals surface area contributed by atoms with E-state index in [9.17, 15) is 9.59 Å². The van der Waals surface area contributed by atoms with Crippen LogP contribution in [0.5, 0.6) is 0 Å². The number of hydrogen-bond donors (Lipinski definition) is 4. The molecule has 30 heavy (non-hydrogen) atoms. The number of hydrogen-bond acceptors (Lipinski definition) is 2. The van der Waals surface area contributed by atoms with E-state index in [1.165, 1.54) is 0 Å². The molecule has 2 heterocycles. The maximum absolute atomic E-state index is 11.8. The normalized spacial score (nSPS) is 9.93. The second-order valence-electron chi connectivity index (χ2n) is 6.71. The molecule has 0 atom stereocenters. The fourth-order valence-electron chi connectivity index (χ4n) is 2.81. The van der Waals surface area contributed by atoms with Crippen molar-refractivity contribution < 1.29 is 9.59 Å². The third kappa shape index (κ3) is 5.48. The number of H-pyrrole nitrogens is 2. The highest BCUT2D eigenvalue weighted by Crippen LogP contribution is 2.11. The molecule has 6 heteroatoms. The summed E-state index contributed by atoms with van der Waals surface area (Å²) in [4.78, 5) is 29.3. The molecule has 0 fully saturated rings. The number of amides is 2. The van der Waals surface area contributed by atoms with E-state index in [0.717, 1.165) is 22.5 Å². The highest BCUT2D eigenvalue weighted by atomic mass is 16.2. The minimum Gasteiger partial charge on any atom is -0.357 e. The SMILES string of the molecule is Cc1cc[nH]c1C(=O)Nc1ccccc1.Cc1cc[nH]c1C(=O)Nc1ccccc1. The molecular weight excluding hydrogens is 376 g/mol. The van der Waals surface area contributed by atoms with Gasteiger partial charge in [0.15, 0.2) is 0 Å². The van der Waals surface area contributed by atoms with Gasteiger partial charge in [0.1, 0.15) is 11.4 Å². The van der Waals surface area contributed by atoms with Gasteiger partial charge in [-0.3, -0.25) is 9.59 Å². The minimum atomic E-state index is -0.108. The Morgan fingerprint density at radius 2 is 0.967 bits per heavy atom. The van der Waals surface area contributed by atoms with Crippen molar-refractivity contribution in [3.8, 4) is 0 Å². The maximum Gasteiger partial charge on any atom is 0.272 e. The average molecular weight is 400 g/mol. The van der Waals surface area contributed by atoms with Gasteiger partial charge in [0.05, 0.1) is 0 Å². The van der Waals surface area contributed by atoms with Gasteiger partial charge >= 0.3 is 0 Å². The summed E-state index contributed by atoms with van der Waals surface area (Å²) in [5.41, 5.74) is 4.72. The van der Waals surface area contributed by atoms with Crippen LogP contribution in [0.3, 0.4) is 0 Å². The van der Waals surface area contributed by atoms with Crippen molar-refractivity contribution in [1.82, 2.24) is 9.97 Å². The second-order valence-corrected chi connectivity index (χ2v) is 6.71. The molecular formula is C24H24N4O2. The van der Waals surface area contributed by atoms with Crippen LogP contribution in [0.15, 0.2) is 85.2 Å². The number of carbonyl (C=O) groups excluding carboxylic acids is 2. The molecule has 0 radical (unpaired) electrons. The molecule has 4 N–H and O–H groups in total. The lowest BCUT2D eigenvalue weighted by molar-refractivity contribution is 0.101. The van der Waals surface area contributed by atoms with Crippen molar-refractivity contribution in [3.63, 3.8) is 0 Å². The number of aromatic amines is 2. The number of aromatic nitrogens is 2. The molecule has 4 rings (SSSR count). The Morgan fingerprint density at radius 3 is 1.27 bits per heavy atom. The Bertz CT molecular complexity index is 1010. The summed E-state index contributed by atoms with van der Waals surface area (Å²) in [5, 5.41) is 5.63. The summed E-state index contributed by atoms with van der Waals surface area (Å²) < 4.78 is 0. The monoisotopic (exact) mass is 400 g/mol. The number of para-hydroxylation sites is 2. The average Bonchev–Trinajstić information content (AvgIpc) is 3.38. The Balaban J connectivity index is 0.000000171. The molecule has 0 aliphatic heterocycles. The van der Waals surface area contributed by atoms with Gasteiger partial charge in [-0.2, -0.15) is 0 Å². The number of benzene rings is 2. The molecule has 0 aliphatic rings. The van der Waals surface area contributed by atoms with Crippen LogP contribution in [0.2, 0.25) is 0 Å². The summed E-state index contributed by atoms with van der Waals surface area (Å²) in [6, 6.07) is 22.5. The molecule has 0 saturated heterocycles. The maximum atomic E-state index is 11.8. The molecule has 0 spiro atoms. The van der Waals surface area contributed by atoms with Gasteiger partial charge < -0.3 is 20.6 Å². The van der Waals surface area contributed by atoms with Gasteiger partial charge in [-0.1, -0.05) is 36.4 Å². The van der Waals surface area contributed by atoms with E-state index in [4.69, 9.17) is 0 Å². The summed E-state index contributed by atoms with van der Waals surface area (Å²) in [7, 11) is 0. The van der Waals surface area contributed by atoms with Gasteiger partial charge in [-0.15, -0.1) is 0 Å². The van der Waals surface area contributed by atoms with Crippen molar-refractivity contribution in [2.24, 2.45) is 0 Å². The Morgan fingerprint density at radius 1 is 0.600 bits per heavy atom. The van der Waals surface area contributed by atoms with E-state index < -0.39 is 0 Å². The number of carbonyl (C=O) groups is 2. The molecule has 4 aromatic rings. The fourth-order valence-corrected chi connectivity index (χ4v) is 2.81. The summed E-state index contributed by atoms with van der Waals surface area (Å²) in [6.07, 6.45) is 3.52. The van der Waals surface area contributed by atoms with E-state index in [2.05, 4.69) is 20.6 Å². The minimum absolute atomic E-state index is 0.108. The molecule has 2 aromatic carbocycles. The topological polar surface area (TPSA) is 89.8 Å². The first-order valence-corrected chi connectivity index (χ1v) is 9.55. The van der Waals surface area contributed by atoms with Gasteiger partial charge in [-0.25, -0.2) is 0 Å². The summed E-state index contributed by atoms with van der Waals surface area (Å²) in [5.74, 6) is -0.215. The van der Waals surface area contributed by atoms with Crippen LogP contribution < -0.4 is 10.6 Å². The lowest BCUT2D eigenvalue weighted by atomic mass is 10.2. The van der Waals surface area contributed by atoms with Crippen molar-refractivity contribution in [2.45, 2.75) is 13.8 Å². The van der Waals surface area contributed by atoms with Crippen LogP contribution in [0.1, 0.15) is 32.1 Å². The van der Waals surface area contributed by atoms with Crippen LogP contribution in [-0.4, -0.2) is 21.8 Å². The quantitative estimate of drug-likeness (QED) is 0.382. The summed E-state index contributed by atoms with van der Waals surface area (Å²) in [6.45, 7) is 3.80. The van der Waals surface area contributed by atoms with Crippen molar-refractivity contribution in [3.05, 3.63) is 108 Å². The zero-order chi connectivity index (χ0) is 21.3. The smallest absolute Gasteiger partial charge is 0.272 e. The molecule has 2 aromatic heterocycles. The third-order valence-electron chi connectivity index (χ3n) is 4.43. The molecule has 0 saturated carbocycles. The fraction of sp³-hybridized carbons (Fsp3) is 0.0833. The predicted octanol–water partition coefficient (Wildman–Crippen LogP) is 5.15. The van der Waals surface area contributed by atoms with Gasteiger partial charge in [0, 0.05) is 23.8 Å². The predicted molar refractivity (Wildman–Crippen MR) is 120 cm³/mol.